The molecule has 7 heteroatoms. The third-order valence-corrected chi connectivity index (χ3v) is 7.30. The number of hydrogen-bond acceptors (Lipinski definition) is 4. The number of aromatic nitrogens is 1. The first-order valence-electron chi connectivity index (χ1n) is 10.9. The minimum atomic E-state index is -0.273. The highest BCUT2D eigenvalue weighted by molar-refractivity contribution is 9.10. The van der Waals surface area contributed by atoms with Crippen LogP contribution >= 0.6 is 27.7 Å². The van der Waals surface area contributed by atoms with Gasteiger partial charge in [-0.3, -0.25) is 4.79 Å². The fraction of sp³-hybridized carbons (Fsp3) is 0.148. The van der Waals surface area contributed by atoms with Crippen molar-refractivity contribution < 1.29 is 9.53 Å². The van der Waals surface area contributed by atoms with Crippen LogP contribution in [0.1, 0.15) is 16.7 Å². The van der Waals surface area contributed by atoms with Gasteiger partial charge in [0.15, 0.2) is 5.50 Å². The third kappa shape index (κ3) is 4.72. The Bertz CT molecular complexity index is 1400. The van der Waals surface area contributed by atoms with Gasteiger partial charge in [-0.15, -0.1) is 0 Å². The zero-order valence-corrected chi connectivity index (χ0v) is 21.2. The number of rotatable bonds is 6. The Hall–Kier alpha value is -3.16. The zero-order chi connectivity index (χ0) is 23.7. The average Bonchev–Trinajstić information content (AvgIpc) is 3.35. The molecule has 0 aliphatic carbocycles. The summed E-state index contributed by atoms with van der Waals surface area (Å²) in [5, 5.41) is 7.53. The van der Waals surface area contributed by atoms with E-state index >= 15 is 0 Å². The molecule has 1 aromatic heterocycles. The number of fused-ring (bicyclic) bond motifs is 1. The highest BCUT2D eigenvalue weighted by atomic mass is 79.9. The number of nitrogens with zero attached hydrogens (tertiary/aromatic N) is 1. The molecule has 1 fully saturated rings. The van der Waals surface area contributed by atoms with E-state index in [9.17, 15) is 4.79 Å². The number of hydrogen-bond donors (Lipinski definition) is 2. The second kappa shape index (κ2) is 9.60. The van der Waals surface area contributed by atoms with Crippen LogP contribution in [-0.2, 0) is 11.3 Å². The lowest BCUT2D eigenvalue weighted by Crippen LogP contribution is -2.31. The number of thioether (sulfide) groups is 1. The normalized spacial score (nSPS) is 16.7. The summed E-state index contributed by atoms with van der Waals surface area (Å²) in [6, 6.07) is 22.6. The smallest absolute Gasteiger partial charge is 0.260 e. The van der Waals surface area contributed by atoms with Gasteiger partial charge in [0.05, 0.1) is 17.7 Å². The minimum Gasteiger partial charge on any atom is -0.495 e. The second-order valence-corrected chi connectivity index (χ2v) is 10.2. The Kier molecular flexibility index (Phi) is 6.39. The minimum absolute atomic E-state index is 0.0844. The van der Waals surface area contributed by atoms with Crippen molar-refractivity contribution in [2.75, 3.05) is 12.4 Å². The number of amides is 1. The zero-order valence-electron chi connectivity index (χ0n) is 18.8. The molecule has 34 heavy (non-hydrogen) atoms. The van der Waals surface area contributed by atoms with Crippen molar-refractivity contribution in [1.29, 1.82) is 0 Å². The van der Waals surface area contributed by atoms with Crippen molar-refractivity contribution in [1.82, 2.24) is 9.88 Å². The standard InChI is InChI=1S/C27H24BrN3O2S/c1-17-7-12-24(33-2)22(13-17)29-27-30-26(32)25(34-27)14-19-16-31(23-6-4-3-5-21(19)23)15-18-8-10-20(28)11-9-18/h3-14,16,27,29H,15H2,1-2H3,(H,30,32)/b25-14-. The van der Waals surface area contributed by atoms with Gasteiger partial charge < -0.3 is 19.9 Å². The molecule has 5 nitrogen and oxygen atoms in total. The van der Waals surface area contributed by atoms with Gasteiger partial charge in [-0.1, -0.05) is 64.1 Å². The topological polar surface area (TPSA) is 55.3 Å². The number of aryl methyl sites for hydroxylation is 1. The average molecular weight is 534 g/mol. The fourth-order valence-electron chi connectivity index (χ4n) is 4.09. The number of anilines is 1. The van der Waals surface area contributed by atoms with Crippen molar-refractivity contribution in [2.24, 2.45) is 0 Å². The summed E-state index contributed by atoms with van der Waals surface area (Å²) >= 11 is 4.98. The molecule has 172 valence electrons. The molecular weight excluding hydrogens is 510 g/mol. The summed E-state index contributed by atoms with van der Waals surface area (Å²) < 4.78 is 8.76. The Morgan fingerprint density at radius 1 is 1.15 bits per heavy atom. The van der Waals surface area contributed by atoms with Crippen LogP contribution in [0, 0.1) is 6.92 Å². The molecule has 0 saturated carbocycles. The number of carbonyl (C=O) groups excluding carboxylic acids is 1. The molecule has 5 rings (SSSR count). The summed E-state index contributed by atoms with van der Waals surface area (Å²) in [5.41, 5.74) is 5.08. The Morgan fingerprint density at radius 3 is 2.74 bits per heavy atom. The highest BCUT2D eigenvalue weighted by Gasteiger charge is 2.28. The van der Waals surface area contributed by atoms with Crippen molar-refractivity contribution in [3.8, 4) is 5.75 Å². The molecule has 0 bridgehead atoms. The molecule has 1 aliphatic heterocycles. The van der Waals surface area contributed by atoms with Gasteiger partial charge in [-0.05, 0) is 54.5 Å². The molecular formula is C27H24BrN3O2S. The molecule has 0 radical (unpaired) electrons. The molecule has 1 atom stereocenters. The molecule has 4 aromatic rings. The number of halogens is 1. The van der Waals surface area contributed by atoms with Crippen LogP contribution in [0.4, 0.5) is 5.69 Å². The number of nitrogens with one attached hydrogen (secondary N) is 2. The van der Waals surface area contributed by atoms with Crippen LogP contribution in [0.3, 0.4) is 0 Å². The molecule has 3 aromatic carbocycles. The van der Waals surface area contributed by atoms with Gasteiger partial charge in [-0.2, -0.15) is 0 Å². The highest BCUT2D eigenvalue weighted by Crippen LogP contribution is 2.35. The van der Waals surface area contributed by atoms with E-state index in [0.29, 0.717) is 4.91 Å². The maximum absolute atomic E-state index is 12.8. The summed E-state index contributed by atoms with van der Waals surface area (Å²) in [4.78, 5) is 13.5. The lowest BCUT2D eigenvalue weighted by Gasteiger charge is -2.16. The van der Waals surface area contributed by atoms with E-state index < -0.39 is 0 Å². The van der Waals surface area contributed by atoms with Gasteiger partial charge in [0.1, 0.15) is 5.75 Å². The van der Waals surface area contributed by atoms with Gasteiger partial charge in [0.2, 0.25) is 0 Å². The molecule has 1 aliphatic rings. The summed E-state index contributed by atoms with van der Waals surface area (Å²) in [6.45, 7) is 2.79. The van der Waals surface area contributed by atoms with E-state index in [4.69, 9.17) is 4.74 Å². The second-order valence-electron chi connectivity index (χ2n) is 8.18. The summed E-state index contributed by atoms with van der Waals surface area (Å²) in [5.74, 6) is 0.660. The van der Waals surface area contributed by atoms with Crippen molar-refractivity contribution in [3.05, 3.63) is 99.0 Å². The molecule has 2 N–H and O–H groups in total. The molecule has 1 saturated heterocycles. The summed E-state index contributed by atoms with van der Waals surface area (Å²) in [6.07, 6.45) is 4.10. The van der Waals surface area contributed by atoms with Crippen LogP contribution in [0.2, 0.25) is 0 Å². The Balaban J connectivity index is 1.41. The number of para-hydroxylation sites is 1. The van der Waals surface area contributed by atoms with Crippen LogP contribution in [0.5, 0.6) is 5.75 Å². The lowest BCUT2D eigenvalue weighted by molar-refractivity contribution is -0.116. The van der Waals surface area contributed by atoms with Crippen LogP contribution in [0.25, 0.3) is 17.0 Å². The Morgan fingerprint density at radius 2 is 1.94 bits per heavy atom. The number of ether oxygens (including phenoxy) is 1. The number of methoxy groups -OCH3 is 1. The lowest BCUT2D eigenvalue weighted by atomic mass is 10.1. The quantitative estimate of drug-likeness (QED) is 0.283. The Labute approximate surface area is 211 Å². The molecule has 2 heterocycles. The number of benzene rings is 3. The summed E-state index contributed by atoms with van der Waals surface area (Å²) in [7, 11) is 1.64. The van der Waals surface area contributed by atoms with Gasteiger partial charge in [0.25, 0.3) is 5.91 Å². The van der Waals surface area contributed by atoms with E-state index in [1.165, 1.54) is 17.3 Å². The molecule has 0 spiro atoms. The number of carbonyl (C=O) groups is 1. The molecule has 1 unspecified atom stereocenters. The van der Waals surface area contributed by atoms with Crippen LogP contribution < -0.4 is 15.4 Å². The van der Waals surface area contributed by atoms with E-state index in [-0.39, 0.29) is 11.4 Å². The monoisotopic (exact) mass is 533 g/mol. The van der Waals surface area contributed by atoms with Crippen molar-refractivity contribution >= 4 is 56.3 Å². The third-order valence-electron chi connectivity index (χ3n) is 5.74. The van der Waals surface area contributed by atoms with Crippen LogP contribution in [-0.4, -0.2) is 23.1 Å². The predicted octanol–water partition coefficient (Wildman–Crippen LogP) is 6.37. The fourth-order valence-corrected chi connectivity index (χ4v) is 5.32. The maximum Gasteiger partial charge on any atom is 0.260 e. The van der Waals surface area contributed by atoms with Gasteiger partial charge >= 0.3 is 0 Å². The largest absolute Gasteiger partial charge is 0.495 e. The van der Waals surface area contributed by atoms with E-state index in [0.717, 1.165) is 44.5 Å². The SMILES string of the molecule is COc1ccc(C)cc1NC1NC(=O)/C(=C/c2cn(Cc3ccc(Br)cc3)c3ccccc23)S1. The van der Waals surface area contributed by atoms with Crippen molar-refractivity contribution in [2.45, 2.75) is 19.0 Å². The van der Waals surface area contributed by atoms with Crippen LogP contribution in [0.15, 0.2) is 82.3 Å². The van der Waals surface area contributed by atoms with Crippen molar-refractivity contribution in [3.63, 3.8) is 0 Å². The molecule has 1 amide bonds. The maximum atomic E-state index is 12.8. The first-order valence-corrected chi connectivity index (χ1v) is 12.6. The first-order chi connectivity index (χ1) is 16.5. The van der Waals surface area contributed by atoms with E-state index in [2.05, 4.69) is 73.7 Å². The van der Waals surface area contributed by atoms with E-state index in [1.54, 1.807) is 7.11 Å². The van der Waals surface area contributed by atoms with Gasteiger partial charge in [0, 0.05) is 33.7 Å². The predicted molar refractivity (Wildman–Crippen MR) is 144 cm³/mol. The van der Waals surface area contributed by atoms with Gasteiger partial charge in [-0.25, -0.2) is 0 Å². The first kappa shape index (κ1) is 22.6. The van der Waals surface area contributed by atoms with E-state index in [1.807, 2.05) is 43.3 Å².